The molecule has 2 aliphatic heterocycles. The predicted octanol–water partition coefficient (Wildman–Crippen LogP) is 0.367. The predicted molar refractivity (Wildman–Crippen MR) is 94.7 cm³/mol. The molecule has 10 nitrogen and oxygen atoms in total. The van der Waals surface area contributed by atoms with Gasteiger partial charge in [-0.05, 0) is 12.1 Å². The number of rotatable bonds is 4. The molecule has 0 unspecified atom stereocenters. The van der Waals surface area contributed by atoms with Crippen molar-refractivity contribution in [3.8, 4) is 0 Å². The standard InChI is InChI=1S/C19H19NO9/c1-9(21)27-14-8-26-19(17(29-11(3)23)16(14)28-10(2)22)20-13-7-5-4-6-12(13)15(24)18(20)25/h4-7,14,16-17,19H,8H2,1-3H3/t14-,16+,17+,19+/m1/s1. The van der Waals surface area contributed by atoms with Crippen molar-refractivity contribution in [1.82, 2.24) is 0 Å². The van der Waals surface area contributed by atoms with E-state index in [0.717, 1.165) is 25.7 Å². The minimum Gasteiger partial charge on any atom is -0.456 e. The number of ketones is 1. The molecule has 2 heterocycles. The van der Waals surface area contributed by atoms with Crippen LogP contribution in [0.4, 0.5) is 5.69 Å². The zero-order chi connectivity index (χ0) is 21.3. The molecule has 1 amide bonds. The maximum absolute atomic E-state index is 12.6. The van der Waals surface area contributed by atoms with Crippen LogP contribution in [0.5, 0.6) is 0 Å². The third kappa shape index (κ3) is 3.97. The number of amides is 1. The quantitative estimate of drug-likeness (QED) is 0.397. The normalized spacial score (nSPS) is 26.0. The number of fused-ring (bicyclic) bond motifs is 1. The molecule has 0 radical (unpaired) electrons. The van der Waals surface area contributed by atoms with Gasteiger partial charge in [0.25, 0.3) is 5.78 Å². The Morgan fingerprint density at radius 3 is 2.14 bits per heavy atom. The number of nitrogens with zero attached hydrogens (tertiary/aromatic N) is 1. The first-order valence-electron chi connectivity index (χ1n) is 8.81. The van der Waals surface area contributed by atoms with Crippen molar-refractivity contribution in [2.24, 2.45) is 0 Å². The molecule has 0 bridgehead atoms. The Morgan fingerprint density at radius 2 is 1.52 bits per heavy atom. The molecular formula is C19H19NO9. The molecular weight excluding hydrogens is 386 g/mol. The Bertz CT molecular complexity index is 880. The number of carbonyl (C=O) groups is 5. The lowest BCUT2D eigenvalue weighted by Crippen LogP contribution is -2.63. The first kappa shape index (κ1) is 20.5. The van der Waals surface area contributed by atoms with E-state index in [1.165, 1.54) is 6.07 Å². The zero-order valence-electron chi connectivity index (χ0n) is 15.9. The molecule has 0 saturated carbocycles. The Labute approximate surface area is 165 Å². The van der Waals surface area contributed by atoms with Gasteiger partial charge in [0.15, 0.2) is 24.5 Å². The Balaban J connectivity index is 2.02. The van der Waals surface area contributed by atoms with E-state index < -0.39 is 54.1 Å². The summed E-state index contributed by atoms with van der Waals surface area (Å²) in [4.78, 5) is 60.8. The number of ether oxygens (including phenoxy) is 4. The molecule has 4 atom stereocenters. The highest BCUT2D eigenvalue weighted by Crippen LogP contribution is 2.35. The van der Waals surface area contributed by atoms with Gasteiger partial charge >= 0.3 is 23.8 Å². The Kier molecular flexibility index (Phi) is 5.64. The van der Waals surface area contributed by atoms with Crippen LogP contribution < -0.4 is 4.90 Å². The van der Waals surface area contributed by atoms with Crippen molar-refractivity contribution in [2.45, 2.75) is 45.3 Å². The molecule has 0 aliphatic carbocycles. The minimum atomic E-state index is -1.34. The molecule has 1 aromatic carbocycles. The van der Waals surface area contributed by atoms with Crippen molar-refractivity contribution >= 4 is 35.3 Å². The van der Waals surface area contributed by atoms with Crippen molar-refractivity contribution in [3.05, 3.63) is 29.8 Å². The molecule has 2 aliphatic rings. The van der Waals surface area contributed by atoms with E-state index in [0.29, 0.717) is 0 Å². The topological polar surface area (TPSA) is 126 Å². The summed E-state index contributed by atoms with van der Waals surface area (Å²) in [5, 5.41) is 0. The average Bonchev–Trinajstić information content (AvgIpc) is 2.88. The van der Waals surface area contributed by atoms with Gasteiger partial charge in [-0.25, -0.2) is 0 Å². The van der Waals surface area contributed by atoms with E-state index in [1.54, 1.807) is 18.2 Å². The first-order chi connectivity index (χ1) is 13.7. The lowest BCUT2D eigenvalue weighted by atomic mass is 10.0. The van der Waals surface area contributed by atoms with Crippen LogP contribution in [0, 0.1) is 0 Å². The van der Waals surface area contributed by atoms with Gasteiger partial charge in [-0.15, -0.1) is 0 Å². The largest absolute Gasteiger partial charge is 0.456 e. The van der Waals surface area contributed by atoms with Gasteiger partial charge in [-0.1, -0.05) is 12.1 Å². The minimum absolute atomic E-state index is 0.175. The van der Waals surface area contributed by atoms with Crippen LogP contribution in [0.15, 0.2) is 24.3 Å². The van der Waals surface area contributed by atoms with Crippen LogP contribution >= 0.6 is 0 Å². The van der Waals surface area contributed by atoms with E-state index >= 15 is 0 Å². The molecule has 154 valence electrons. The van der Waals surface area contributed by atoms with Gasteiger partial charge in [0, 0.05) is 20.8 Å². The molecule has 10 heteroatoms. The van der Waals surface area contributed by atoms with E-state index in [1.807, 2.05) is 0 Å². The van der Waals surface area contributed by atoms with Gasteiger partial charge in [0.2, 0.25) is 0 Å². The number of esters is 3. The van der Waals surface area contributed by atoms with E-state index in [9.17, 15) is 24.0 Å². The van der Waals surface area contributed by atoms with Crippen molar-refractivity contribution in [2.75, 3.05) is 11.5 Å². The van der Waals surface area contributed by atoms with Gasteiger partial charge in [0.05, 0.1) is 17.9 Å². The Hall–Kier alpha value is -3.27. The summed E-state index contributed by atoms with van der Waals surface area (Å²) in [5.74, 6) is -3.73. The summed E-state index contributed by atoms with van der Waals surface area (Å²) in [6.45, 7) is 3.18. The highest BCUT2D eigenvalue weighted by atomic mass is 16.6. The second-order valence-corrected chi connectivity index (χ2v) is 6.54. The van der Waals surface area contributed by atoms with E-state index in [4.69, 9.17) is 18.9 Å². The second-order valence-electron chi connectivity index (χ2n) is 6.54. The lowest BCUT2D eigenvalue weighted by Gasteiger charge is -2.43. The Morgan fingerprint density at radius 1 is 0.931 bits per heavy atom. The van der Waals surface area contributed by atoms with Crippen LogP contribution in [-0.4, -0.2) is 60.7 Å². The second kappa shape index (κ2) is 8.00. The number of Topliss-reactive ketones (excluding diaryl/α,β-unsaturated/α-hetero) is 1. The molecule has 0 spiro atoms. The number of benzene rings is 1. The van der Waals surface area contributed by atoms with Gasteiger partial charge in [-0.2, -0.15) is 0 Å². The third-order valence-corrected chi connectivity index (χ3v) is 4.40. The number of carbonyl (C=O) groups excluding carboxylic acids is 5. The average molecular weight is 405 g/mol. The van der Waals surface area contributed by atoms with Crippen LogP contribution in [-0.2, 0) is 38.1 Å². The highest BCUT2D eigenvalue weighted by Gasteiger charge is 2.53. The molecule has 1 saturated heterocycles. The van der Waals surface area contributed by atoms with Crippen molar-refractivity contribution in [3.63, 3.8) is 0 Å². The maximum atomic E-state index is 12.6. The molecule has 1 fully saturated rings. The third-order valence-electron chi connectivity index (χ3n) is 4.40. The fourth-order valence-corrected chi connectivity index (χ4v) is 3.41. The molecule has 0 N–H and O–H groups in total. The summed E-state index contributed by atoms with van der Waals surface area (Å²) in [6, 6.07) is 6.28. The molecule has 29 heavy (non-hydrogen) atoms. The SMILES string of the molecule is CC(=O)O[C@@H]1[C@H](OC(C)=O)[C@@H](N2C(=O)C(=O)c3ccccc32)OC[C@H]1OC(C)=O. The summed E-state index contributed by atoms with van der Waals surface area (Å²) >= 11 is 0. The maximum Gasteiger partial charge on any atom is 0.303 e. The molecule has 1 aromatic rings. The zero-order valence-corrected chi connectivity index (χ0v) is 15.9. The van der Waals surface area contributed by atoms with Gasteiger partial charge in [-0.3, -0.25) is 28.9 Å². The van der Waals surface area contributed by atoms with Crippen LogP contribution in [0.25, 0.3) is 0 Å². The van der Waals surface area contributed by atoms with Gasteiger partial charge < -0.3 is 18.9 Å². The first-order valence-corrected chi connectivity index (χ1v) is 8.81. The lowest BCUT2D eigenvalue weighted by molar-refractivity contribution is -0.225. The van der Waals surface area contributed by atoms with Crippen LogP contribution in [0.3, 0.4) is 0 Å². The number of hydrogen-bond acceptors (Lipinski definition) is 9. The van der Waals surface area contributed by atoms with E-state index in [-0.39, 0.29) is 17.9 Å². The van der Waals surface area contributed by atoms with Crippen molar-refractivity contribution in [1.29, 1.82) is 0 Å². The number of anilines is 1. The summed E-state index contributed by atoms with van der Waals surface area (Å²) < 4.78 is 21.4. The summed E-state index contributed by atoms with van der Waals surface area (Å²) in [7, 11) is 0. The molecule has 3 rings (SSSR count). The molecule has 0 aromatic heterocycles. The van der Waals surface area contributed by atoms with Crippen LogP contribution in [0.1, 0.15) is 31.1 Å². The smallest absolute Gasteiger partial charge is 0.303 e. The van der Waals surface area contributed by atoms with Crippen molar-refractivity contribution < 1.29 is 42.9 Å². The number of para-hydroxylation sites is 1. The number of hydrogen-bond donors (Lipinski definition) is 0. The monoisotopic (exact) mass is 405 g/mol. The van der Waals surface area contributed by atoms with E-state index in [2.05, 4.69) is 0 Å². The highest BCUT2D eigenvalue weighted by molar-refractivity contribution is 6.52. The fraction of sp³-hybridized carbons (Fsp3) is 0.421. The fourth-order valence-electron chi connectivity index (χ4n) is 3.41. The van der Waals surface area contributed by atoms with Crippen LogP contribution in [0.2, 0.25) is 0 Å². The summed E-state index contributed by atoms with van der Waals surface area (Å²) in [5.41, 5.74) is 0.450. The summed E-state index contributed by atoms with van der Waals surface area (Å²) in [6.07, 6.45) is -4.91. The van der Waals surface area contributed by atoms with Gasteiger partial charge in [0.1, 0.15) is 0 Å².